The highest BCUT2D eigenvalue weighted by Crippen LogP contribution is 2.06. The van der Waals surface area contributed by atoms with Gasteiger partial charge in [0, 0.05) is 19.8 Å². The van der Waals surface area contributed by atoms with Crippen molar-refractivity contribution in [3.63, 3.8) is 0 Å². The Morgan fingerprint density at radius 2 is 2.16 bits per heavy atom. The Morgan fingerprint density at radius 3 is 2.79 bits per heavy atom. The van der Waals surface area contributed by atoms with E-state index >= 15 is 0 Å². The van der Waals surface area contributed by atoms with Gasteiger partial charge in [-0.1, -0.05) is 12.1 Å². The molecule has 1 amide bonds. The monoisotopic (exact) mass is 265 g/mol. The molecule has 0 aliphatic rings. The van der Waals surface area contributed by atoms with Crippen molar-refractivity contribution in [1.29, 1.82) is 0 Å². The number of hydrogen-bond acceptors (Lipinski definition) is 3. The first kappa shape index (κ1) is 15.2. The van der Waals surface area contributed by atoms with Crippen LogP contribution < -0.4 is 5.32 Å². The first-order chi connectivity index (χ1) is 9.02. The van der Waals surface area contributed by atoms with E-state index in [2.05, 4.69) is 5.32 Å². The fourth-order valence-electron chi connectivity index (χ4n) is 1.69. The third-order valence-corrected chi connectivity index (χ3v) is 2.70. The van der Waals surface area contributed by atoms with Crippen LogP contribution in [0.4, 0.5) is 0 Å². The molecule has 0 saturated carbocycles. The van der Waals surface area contributed by atoms with Crippen molar-refractivity contribution in [2.75, 3.05) is 13.7 Å². The Kier molecular flexibility index (Phi) is 6.02. The summed E-state index contributed by atoms with van der Waals surface area (Å²) < 4.78 is 4.94. The van der Waals surface area contributed by atoms with E-state index in [1.54, 1.807) is 19.2 Å². The zero-order valence-electron chi connectivity index (χ0n) is 11.2. The van der Waals surface area contributed by atoms with Crippen molar-refractivity contribution >= 4 is 11.9 Å². The van der Waals surface area contributed by atoms with Crippen molar-refractivity contribution in [3.8, 4) is 0 Å². The van der Waals surface area contributed by atoms with Crippen LogP contribution in [0.3, 0.4) is 0 Å². The molecule has 0 saturated heterocycles. The number of carbonyl (C=O) groups is 2. The molecule has 0 spiro atoms. The predicted octanol–water partition coefficient (Wildman–Crippen LogP) is 1.47. The summed E-state index contributed by atoms with van der Waals surface area (Å²) in [4.78, 5) is 22.6. The molecular formula is C14H19NO4. The van der Waals surface area contributed by atoms with Crippen LogP contribution in [0.5, 0.6) is 0 Å². The second-order valence-electron chi connectivity index (χ2n) is 4.43. The molecule has 0 bridgehead atoms. The van der Waals surface area contributed by atoms with Crippen molar-refractivity contribution in [2.45, 2.75) is 25.8 Å². The third-order valence-electron chi connectivity index (χ3n) is 2.70. The number of carbonyl (C=O) groups excluding carboxylic acids is 1. The number of carboxylic acid groups (broad SMARTS) is 1. The number of ether oxygens (including phenoxy) is 1. The quantitative estimate of drug-likeness (QED) is 0.782. The lowest BCUT2D eigenvalue weighted by molar-refractivity contribution is -0.121. The topological polar surface area (TPSA) is 75.6 Å². The lowest BCUT2D eigenvalue weighted by Crippen LogP contribution is -2.34. The zero-order chi connectivity index (χ0) is 14.3. The number of benzene rings is 1. The van der Waals surface area contributed by atoms with Gasteiger partial charge in [-0.15, -0.1) is 0 Å². The molecule has 5 nitrogen and oxygen atoms in total. The molecule has 5 heteroatoms. The van der Waals surface area contributed by atoms with E-state index in [9.17, 15) is 9.59 Å². The zero-order valence-corrected chi connectivity index (χ0v) is 11.2. The fraction of sp³-hybridized carbons (Fsp3) is 0.429. The highest BCUT2D eigenvalue weighted by atomic mass is 16.5. The molecule has 0 aliphatic carbocycles. The van der Waals surface area contributed by atoms with Crippen molar-refractivity contribution in [3.05, 3.63) is 35.4 Å². The third kappa shape index (κ3) is 5.52. The van der Waals surface area contributed by atoms with Crippen LogP contribution >= 0.6 is 0 Å². The van der Waals surface area contributed by atoms with E-state index in [1.807, 2.05) is 6.92 Å². The predicted molar refractivity (Wildman–Crippen MR) is 71.2 cm³/mol. The van der Waals surface area contributed by atoms with Gasteiger partial charge in [0.1, 0.15) is 0 Å². The Morgan fingerprint density at radius 1 is 1.42 bits per heavy atom. The molecule has 1 aromatic rings. The Hall–Kier alpha value is -1.88. The molecule has 0 fully saturated rings. The van der Waals surface area contributed by atoms with Crippen molar-refractivity contribution in [1.82, 2.24) is 5.32 Å². The minimum Gasteiger partial charge on any atom is -0.478 e. The van der Waals surface area contributed by atoms with Gasteiger partial charge in [0.25, 0.3) is 0 Å². The molecule has 2 N–H and O–H groups in total. The van der Waals surface area contributed by atoms with Crippen LogP contribution in [0.15, 0.2) is 24.3 Å². The molecule has 104 valence electrons. The number of nitrogens with one attached hydrogen (secondary N) is 1. The maximum absolute atomic E-state index is 11.8. The van der Waals surface area contributed by atoms with E-state index in [1.165, 1.54) is 12.1 Å². The lowest BCUT2D eigenvalue weighted by atomic mass is 10.1. The number of amides is 1. The summed E-state index contributed by atoms with van der Waals surface area (Å²) in [5.74, 6) is -1.11. The summed E-state index contributed by atoms with van der Waals surface area (Å²) in [5.41, 5.74) is 0.883. The standard InChI is InChI=1S/C14H19NO4/c1-10(6-7-19-2)15-13(16)9-11-4-3-5-12(8-11)14(17)18/h3-5,8,10H,6-7,9H2,1-2H3,(H,15,16)(H,17,18). The van der Waals surface area contributed by atoms with Crippen molar-refractivity contribution < 1.29 is 19.4 Å². The first-order valence-electron chi connectivity index (χ1n) is 6.13. The Bertz CT molecular complexity index is 445. The van der Waals surface area contributed by atoms with Crippen LogP contribution in [-0.4, -0.2) is 36.7 Å². The van der Waals surface area contributed by atoms with Crippen LogP contribution in [0.25, 0.3) is 0 Å². The van der Waals surface area contributed by atoms with Gasteiger partial charge in [-0.05, 0) is 31.0 Å². The highest BCUT2D eigenvalue weighted by Gasteiger charge is 2.09. The van der Waals surface area contributed by atoms with Gasteiger partial charge >= 0.3 is 5.97 Å². The van der Waals surface area contributed by atoms with Gasteiger partial charge in [-0.2, -0.15) is 0 Å². The van der Waals surface area contributed by atoms with Gasteiger partial charge in [0.2, 0.25) is 5.91 Å². The van der Waals surface area contributed by atoms with E-state index in [0.717, 1.165) is 6.42 Å². The highest BCUT2D eigenvalue weighted by molar-refractivity contribution is 5.88. The average molecular weight is 265 g/mol. The Balaban J connectivity index is 2.52. The van der Waals surface area contributed by atoms with Gasteiger partial charge < -0.3 is 15.2 Å². The van der Waals surface area contributed by atoms with Gasteiger partial charge in [-0.25, -0.2) is 4.79 Å². The van der Waals surface area contributed by atoms with E-state index < -0.39 is 5.97 Å². The molecule has 0 radical (unpaired) electrons. The summed E-state index contributed by atoms with van der Waals surface area (Å²) in [6.45, 7) is 2.50. The van der Waals surface area contributed by atoms with Crippen molar-refractivity contribution in [2.24, 2.45) is 0 Å². The second-order valence-corrected chi connectivity index (χ2v) is 4.43. The maximum atomic E-state index is 11.8. The molecule has 0 heterocycles. The number of rotatable bonds is 7. The van der Waals surface area contributed by atoms with Gasteiger partial charge in [-0.3, -0.25) is 4.79 Å². The number of carboxylic acids is 1. The fourth-order valence-corrected chi connectivity index (χ4v) is 1.69. The molecule has 0 aromatic heterocycles. The summed E-state index contributed by atoms with van der Waals surface area (Å²) >= 11 is 0. The van der Waals surface area contributed by atoms with Gasteiger partial charge in [0.05, 0.1) is 12.0 Å². The molecule has 1 unspecified atom stereocenters. The summed E-state index contributed by atoms with van der Waals surface area (Å²) in [6.07, 6.45) is 0.926. The number of aromatic carboxylic acids is 1. The van der Waals surface area contributed by atoms with Crippen LogP contribution in [-0.2, 0) is 16.0 Å². The summed E-state index contributed by atoms with van der Waals surface area (Å²) in [7, 11) is 1.62. The average Bonchev–Trinajstić information content (AvgIpc) is 2.36. The minimum absolute atomic E-state index is 0.0371. The number of methoxy groups -OCH3 is 1. The molecule has 1 rings (SSSR count). The first-order valence-corrected chi connectivity index (χ1v) is 6.13. The van der Waals surface area contributed by atoms with E-state index in [-0.39, 0.29) is 23.9 Å². The molecular weight excluding hydrogens is 246 g/mol. The largest absolute Gasteiger partial charge is 0.478 e. The van der Waals surface area contributed by atoms with Crippen LogP contribution in [0.2, 0.25) is 0 Å². The second kappa shape index (κ2) is 7.53. The Labute approximate surface area is 112 Å². The number of hydrogen-bond donors (Lipinski definition) is 2. The minimum atomic E-state index is -0.990. The molecule has 1 atom stereocenters. The normalized spacial score (nSPS) is 11.9. The van der Waals surface area contributed by atoms with Crippen LogP contribution in [0, 0.1) is 0 Å². The van der Waals surface area contributed by atoms with Gasteiger partial charge in [0.15, 0.2) is 0 Å². The molecule has 19 heavy (non-hydrogen) atoms. The summed E-state index contributed by atoms with van der Waals surface area (Å²) in [6, 6.07) is 6.44. The van der Waals surface area contributed by atoms with E-state index in [0.29, 0.717) is 12.2 Å². The van der Waals surface area contributed by atoms with Crippen LogP contribution in [0.1, 0.15) is 29.3 Å². The maximum Gasteiger partial charge on any atom is 0.335 e. The molecule has 0 aliphatic heterocycles. The SMILES string of the molecule is COCCC(C)NC(=O)Cc1cccc(C(=O)O)c1. The summed E-state index contributed by atoms with van der Waals surface area (Å²) in [5, 5.41) is 11.7. The van der Waals surface area contributed by atoms with E-state index in [4.69, 9.17) is 9.84 Å². The smallest absolute Gasteiger partial charge is 0.335 e. The lowest BCUT2D eigenvalue weighted by Gasteiger charge is -2.13. The molecule has 1 aromatic carbocycles.